The lowest BCUT2D eigenvalue weighted by Gasteiger charge is -2.20. The number of hydrogen-bond donors (Lipinski definition) is 3. The molecule has 0 aliphatic carbocycles. The lowest BCUT2D eigenvalue weighted by molar-refractivity contribution is -0.145. The minimum absolute atomic E-state index is 0.0958. The van der Waals surface area contributed by atoms with Gasteiger partial charge in [-0.25, -0.2) is 9.59 Å². The number of nitrogens with zero attached hydrogens (tertiary/aromatic N) is 1. The van der Waals surface area contributed by atoms with E-state index in [1.807, 2.05) is 13.8 Å². The number of amides is 2. The van der Waals surface area contributed by atoms with Crippen LogP contribution in [-0.4, -0.2) is 35.6 Å². The predicted molar refractivity (Wildman–Crippen MR) is 92.4 cm³/mol. The van der Waals surface area contributed by atoms with Crippen LogP contribution in [0.2, 0.25) is 0 Å². The Morgan fingerprint density at radius 3 is 2.46 bits per heavy atom. The van der Waals surface area contributed by atoms with Gasteiger partial charge in [-0.05, 0) is 30.5 Å². The summed E-state index contributed by atoms with van der Waals surface area (Å²) in [6, 6.07) is 5.50. The largest absolute Gasteiger partial charge is 0.460 e. The number of oxime groups is 1. The van der Waals surface area contributed by atoms with E-state index in [0.717, 1.165) is 5.56 Å². The summed E-state index contributed by atoms with van der Waals surface area (Å²) < 4.78 is 4.98. The van der Waals surface area contributed by atoms with E-state index >= 15 is 0 Å². The van der Waals surface area contributed by atoms with Gasteiger partial charge in [0, 0.05) is 5.69 Å². The molecular formula is C17H23N3O4. The van der Waals surface area contributed by atoms with E-state index in [0.29, 0.717) is 11.4 Å². The Kier molecular flexibility index (Phi) is 7.48. The fourth-order valence-corrected chi connectivity index (χ4v) is 1.89. The molecule has 1 rings (SSSR count). The zero-order chi connectivity index (χ0) is 18.1. The van der Waals surface area contributed by atoms with Crippen LogP contribution in [0.15, 0.2) is 42.1 Å². The van der Waals surface area contributed by atoms with E-state index in [2.05, 4.69) is 22.4 Å². The predicted octanol–water partition coefficient (Wildman–Crippen LogP) is 2.76. The number of hydrogen-bond acceptors (Lipinski definition) is 5. The molecule has 1 unspecified atom stereocenters. The molecule has 0 heterocycles. The van der Waals surface area contributed by atoms with Crippen molar-refractivity contribution in [2.24, 2.45) is 11.1 Å². The van der Waals surface area contributed by atoms with Crippen LogP contribution in [0.3, 0.4) is 0 Å². The van der Waals surface area contributed by atoms with Crippen LogP contribution in [0.1, 0.15) is 26.3 Å². The van der Waals surface area contributed by atoms with Crippen molar-refractivity contribution < 1.29 is 19.5 Å². The smallest absolute Gasteiger partial charge is 0.329 e. The number of carbonyl (C=O) groups excluding carboxylic acids is 2. The highest BCUT2D eigenvalue weighted by molar-refractivity contribution is 5.99. The molecule has 1 aromatic rings. The summed E-state index contributed by atoms with van der Waals surface area (Å²) in [7, 11) is 0. The summed E-state index contributed by atoms with van der Waals surface area (Å²) in [5.74, 6) is -0.635. The average molecular weight is 333 g/mol. The minimum Gasteiger partial charge on any atom is -0.460 e. The van der Waals surface area contributed by atoms with Crippen molar-refractivity contribution in [3.8, 4) is 0 Å². The number of rotatable bonds is 7. The summed E-state index contributed by atoms with van der Waals surface area (Å²) in [4.78, 5) is 24.0. The minimum atomic E-state index is -0.756. The number of nitrogens with one attached hydrogen (secondary N) is 2. The van der Waals surface area contributed by atoms with Gasteiger partial charge in [-0.1, -0.05) is 43.8 Å². The van der Waals surface area contributed by atoms with Gasteiger partial charge in [0.25, 0.3) is 0 Å². The van der Waals surface area contributed by atoms with Crippen molar-refractivity contribution in [2.75, 3.05) is 11.9 Å². The second-order valence-electron chi connectivity index (χ2n) is 5.50. The quantitative estimate of drug-likeness (QED) is 0.235. The van der Waals surface area contributed by atoms with E-state index in [1.165, 1.54) is 6.08 Å². The zero-order valence-electron chi connectivity index (χ0n) is 14.1. The Bertz CT molecular complexity index is 609. The summed E-state index contributed by atoms with van der Waals surface area (Å²) in [5.41, 5.74) is 1.75. The molecule has 0 aliphatic heterocycles. The summed E-state index contributed by atoms with van der Waals surface area (Å²) >= 11 is 0. The number of ether oxygens (including phenoxy) is 1. The molecule has 7 heteroatoms. The monoisotopic (exact) mass is 333 g/mol. The van der Waals surface area contributed by atoms with Crippen LogP contribution in [-0.2, 0) is 9.53 Å². The first-order valence-electron chi connectivity index (χ1n) is 7.53. The van der Waals surface area contributed by atoms with Gasteiger partial charge in [0.15, 0.2) is 0 Å². The maximum atomic E-state index is 12.1. The van der Waals surface area contributed by atoms with Gasteiger partial charge >= 0.3 is 12.0 Å². The molecule has 0 radical (unpaired) electrons. The lowest BCUT2D eigenvalue weighted by atomic mass is 10.1. The first-order valence-corrected chi connectivity index (χ1v) is 7.53. The van der Waals surface area contributed by atoms with Gasteiger partial charge < -0.3 is 20.6 Å². The molecule has 3 N–H and O–H groups in total. The van der Waals surface area contributed by atoms with Crippen LogP contribution in [0.5, 0.6) is 0 Å². The van der Waals surface area contributed by atoms with Crippen molar-refractivity contribution in [3.05, 3.63) is 42.5 Å². The molecule has 0 aliphatic rings. The maximum Gasteiger partial charge on any atom is 0.329 e. The number of carbonyl (C=O) groups is 2. The molecule has 2 amide bonds. The van der Waals surface area contributed by atoms with E-state index in [9.17, 15) is 9.59 Å². The first kappa shape index (κ1) is 19.2. The molecule has 24 heavy (non-hydrogen) atoms. The molecule has 1 aromatic carbocycles. The van der Waals surface area contributed by atoms with Crippen LogP contribution in [0.4, 0.5) is 10.5 Å². The third-order valence-corrected chi connectivity index (χ3v) is 3.26. The Morgan fingerprint density at radius 1 is 1.33 bits per heavy atom. The average Bonchev–Trinajstić information content (AvgIpc) is 2.57. The zero-order valence-corrected chi connectivity index (χ0v) is 14.1. The van der Waals surface area contributed by atoms with Crippen LogP contribution < -0.4 is 10.6 Å². The standard InChI is InChI=1S/C17H23N3O4/c1-5-10-24-16(21)15(11(2)3)19-17(22)18-14-8-6-13(7-9-14)12(4)20-23/h5-9,11,15,23H,1,10H2,2-4H3,(H2,18,19,22)/b20-12+. The van der Waals surface area contributed by atoms with Crippen molar-refractivity contribution in [1.82, 2.24) is 5.32 Å². The molecule has 0 fully saturated rings. The van der Waals surface area contributed by atoms with Crippen molar-refractivity contribution in [3.63, 3.8) is 0 Å². The van der Waals surface area contributed by atoms with Gasteiger partial charge in [-0.3, -0.25) is 0 Å². The van der Waals surface area contributed by atoms with Crippen molar-refractivity contribution >= 4 is 23.4 Å². The van der Waals surface area contributed by atoms with Crippen molar-refractivity contribution in [1.29, 1.82) is 0 Å². The Hall–Kier alpha value is -2.83. The summed E-state index contributed by atoms with van der Waals surface area (Å²) in [6.07, 6.45) is 1.47. The Balaban J connectivity index is 2.68. The maximum absolute atomic E-state index is 12.1. The molecule has 0 saturated carbocycles. The molecular weight excluding hydrogens is 310 g/mol. The molecule has 0 aromatic heterocycles. The topological polar surface area (TPSA) is 100 Å². The fourth-order valence-electron chi connectivity index (χ4n) is 1.89. The molecule has 1 atom stereocenters. The molecule has 130 valence electrons. The van der Waals surface area contributed by atoms with E-state index < -0.39 is 18.0 Å². The van der Waals surface area contributed by atoms with Gasteiger partial charge in [-0.15, -0.1) is 0 Å². The van der Waals surface area contributed by atoms with Crippen LogP contribution >= 0.6 is 0 Å². The molecule has 0 saturated heterocycles. The van der Waals surface area contributed by atoms with Gasteiger partial charge in [0.2, 0.25) is 0 Å². The van der Waals surface area contributed by atoms with Crippen molar-refractivity contribution in [2.45, 2.75) is 26.8 Å². The lowest BCUT2D eigenvalue weighted by Crippen LogP contribution is -2.47. The number of esters is 1. The highest BCUT2D eigenvalue weighted by atomic mass is 16.5. The van der Waals surface area contributed by atoms with E-state index in [1.54, 1.807) is 31.2 Å². The third kappa shape index (κ3) is 5.75. The van der Waals surface area contributed by atoms with E-state index in [4.69, 9.17) is 9.94 Å². The van der Waals surface area contributed by atoms with Gasteiger partial charge in [0.1, 0.15) is 12.6 Å². The summed E-state index contributed by atoms with van der Waals surface area (Å²) in [5, 5.41) is 17.1. The SMILES string of the molecule is C=CCOC(=O)C(NC(=O)Nc1ccc(/C(C)=N/O)cc1)C(C)C. The second kappa shape index (κ2) is 9.34. The normalized spacial score (nSPS) is 12.4. The number of anilines is 1. The third-order valence-electron chi connectivity index (χ3n) is 3.26. The molecule has 7 nitrogen and oxygen atoms in total. The second-order valence-corrected chi connectivity index (χ2v) is 5.50. The number of benzene rings is 1. The number of urea groups is 1. The Labute approximate surface area is 141 Å². The summed E-state index contributed by atoms with van der Waals surface area (Å²) in [6.45, 7) is 8.86. The highest BCUT2D eigenvalue weighted by Gasteiger charge is 2.25. The van der Waals surface area contributed by atoms with Gasteiger partial charge in [0.05, 0.1) is 5.71 Å². The van der Waals surface area contributed by atoms with Crippen LogP contribution in [0.25, 0.3) is 0 Å². The highest BCUT2D eigenvalue weighted by Crippen LogP contribution is 2.11. The first-order chi connectivity index (χ1) is 11.4. The molecule has 0 bridgehead atoms. The fraction of sp³-hybridized carbons (Fsp3) is 0.353. The molecule has 0 spiro atoms. The van der Waals surface area contributed by atoms with E-state index in [-0.39, 0.29) is 12.5 Å². The van der Waals surface area contributed by atoms with Crippen LogP contribution in [0, 0.1) is 5.92 Å². The Morgan fingerprint density at radius 2 is 1.96 bits per heavy atom. The van der Waals surface area contributed by atoms with Gasteiger partial charge in [-0.2, -0.15) is 0 Å².